The van der Waals surface area contributed by atoms with Crippen LogP contribution in [0.25, 0.3) is 0 Å². The zero-order valence-corrected chi connectivity index (χ0v) is 12.3. The lowest BCUT2D eigenvalue weighted by Gasteiger charge is -2.18. The Morgan fingerprint density at radius 1 is 1.37 bits per heavy atom. The van der Waals surface area contributed by atoms with E-state index in [0.29, 0.717) is 18.8 Å². The molecular formula is C12H22N4O2S. The summed E-state index contributed by atoms with van der Waals surface area (Å²) in [6, 6.07) is 3.12. The fourth-order valence-electron chi connectivity index (χ4n) is 1.78. The molecule has 0 spiro atoms. The van der Waals surface area contributed by atoms with E-state index in [1.165, 1.54) is 12.3 Å². The van der Waals surface area contributed by atoms with Gasteiger partial charge < -0.3 is 10.6 Å². The van der Waals surface area contributed by atoms with Crippen molar-refractivity contribution in [1.82, 2.24) is 14.6 Å². The second-order valence-corrected chi connectivity index (χ2v) is 5.81. The molecule has 0 unspecified atom stereocenters. The van der Waals surface area contributed by atoms with Crippen LogP contribution in [0.3, 0.4) is 0 Å². The fourth-order valence-corrected chi connectivity index (χ4v) is 3.00. The first-order chi connectivity index (χ1) is 9.05. The highest BCUT2D eigenvalue weighted by Gasteiger charge is 2.18. The van der Waals surface area contributed by atoms with Crippen molar-refractivity contribution in [2.75, 3.05) is 26.2 Å². The van der Waals surface area contributed by atoms with Crippen molar-refractivity contribution >= 4 is 10.0 Å². The van der Waals surface area contributed by atoms with Gasteiger partial charge in [0.1, 0.15) is 4.90 Å². The van der Waals surface area contributed by atoms with Crippen molar-refractivity contribution in [3.05, 3.63) is 24.0 Å². The van der Waals surface area contributed by atoms with Gasteiger partial charge in [0, 0.05) is 25.8 Å². The van der Waals surface area contributed by atoms with Crippen LogP contribution >= 0.6 is 0 Å². The van der Waals surface area contributed by atoms with Gasteiger partial charge >= 0.3 is 0 Å². The summed E-state index contributed by atoms with van der Waals surface area (Å²) in [4.78, 5) is 6.30. The lowest BCUT2D eigenvalue weighted by Crippen LogP contribution is -2.35. The Bertz CT molecular complexity index is 486. The van der Waals surface area contributed by atoms with Crippen LogP contribution in [0.2, 0.25) is 0 Å². The average Bonchev–Trinajstić information content (AvgIpc) is 2.43. The van der Waals surface area contributed by atoms with E-state index in [4.69, 9.17) is 5.73 Å². The Kier molecular flexibility index (Phi) is 6.36. The van der Waals surface area contributed by atoms with Crippen LogP contribution in [0.5, 0.6) is 0 Å². The van der Waals surface area contributed by atoms with Crippen LogP contribution in [0.4, 0.5) is 0 Å². The number of rotatable bonds is 8. The number of aromatic nitrogens is 1. The van der Waals surface area contributed by atoms with Crippen LogP contribution in [-0.4, -0.2) is 44.5 Å². The largest absolute Gasteiger partial charge is 0.325 e. The average molecular weight is 286 g/mol. The Labute approximate surface area is 115 Å². The monoisotopic (exact) mass is 286 g/mol. The van der Waals surface area contributed by atoms with Crippen molar-refractivity contribution in [2.45, 2.75) is 25.3 Å². The normalized spacial score (nSPS) is 12.0. The van der Waals surface area contributed by atoms with Crippen LogP contribution in [0.1, 0.15) is 19.5 Å². The number of hydrogen-bond donors (Lipinski definition) is 2. The van der Waals surface area contributed by atoms with Crippen molar-refractivity contribution in [3.63, 3.8) is 0 Å². The lowest BCUT2D eigenvalue weighted by molar-refractivity contribution is 0.309. The summed E-state index contributed by atoms with van der Waals surface area (Å²) in [5.41, 5.74) is 5.89. The molecule has 108 valence electrons. The van der Waals surface area contributed by atoms with E-state index >= 15 is 0 Å². The molecule has 6 nitrogen and oxygen atoms in total. The maximum absolute atomic E-state index is 12.1. The molecule has 1 aromatic rings. The van der Waals surface area contributed by atoms with E-state index in [0.717, 1.165) is 13.1 Å². The maximum Gasteiger partial charge on any atom is 0.242 e. The van der Waals surface area contributed by atoms with Gasteiger partial charge in [-0.05, 0) is 25.2 Å². The summed E-state index contributed by atoms with van der Waals surface area (Å²) in [6.45, 7) is 7.07. The highest BCUT2D eigenvalue weighted by molar-refractivity contribution is 7.89. The molecule has 7 heteroatoms. The maximum atomic E-state index is 12.1. The molecule has 0 radical (unpaired) electrons. The summed E-state index contributed by atoms with van der Waals surface area (Å²) in [5.74, 6) is 0. The number of nitrogens with zero attached hydrogens (tertiary/aromatic N) is 2. The standard InChI is InChI=1S/C12H22N4O2S/c1-3-16(4-2)9-8-15-19(17,18)12-6-5-7-14-11(12)10-13/h5-7,15H,3-4,8-10,13H2,1-2H3. The van der Waals surface area contributed by atoms with Gasteiger partial charge in [0.2, 0.25) is 10.0 Å². The molecule has 0 bridgehead atoms. The molecule has 0 aliphatic heterocycles. The predicted molar refractivity (Wildman–Crippen MR) is 75.1 cm³/mol. The van der Waals surface area contributed by atoms with Crippen molar-refractivity contribution in [1.29, 1.82) is 0 Å². The van der Waals surface area contributed by atoms with E-state index in [1.807, 2.05) is 13.8 Å². The second kappa shape index (κ2) is 7.54. The Morgan fingerprint density at radius 2 is 2.05 bits per heavy atom. The highest BCUT2D eigenvalue weighted by Crippen LogP contribution is 2.11. The van der Waals surface area contributed by atoms with E-state index in [9.17, 15) is 8.42 Å². The number of nitrogens with one attached hydrogen (secondary N) is 1. The summed E-state index contributed by atoms with van der Waals surface area (Å²) >= 11 is 0. The second-order valence-electron chi connectivity index (χ2n) is 4.08. The summed E-state index contributed by atoms with van der Waals surface area (Å²) in [5, 5.41) is 0. The van der Waals surface area contributed by atoms with Gasteiger partial charge in [-0.1, -0.05) is 13.8 Å². The third kappa shape index (κ3) is 4.54. The molecule has 1 rings (SSSR count). The first-order valence-electron chi connectivity index (χ1n) is 6.41. The minimum atomic E-state index is -3.53. The summed E-state index contributed by atoms with van der Waals surface area (Å²) < 4.78 is 26.9. The fraction of sp³-hybridized carbons (Fsp3) is 0.583. The Morgan fingerprint density at radius 3 is 2.63 bits per heavy atom. The van der Waals surface area contributed by atoms with Crippen LogP contribution in [0, 0.1) is 0 Å². The first-order valence-corrected chi connectivity index (χ1v) is 7.89. The van der Waals surface area contributed by atoms with Gasteiger partial charge in [0.15, 0.2) is 0 Å². The minimum absolute atomic E-state index is 0.104. The number of pyridine rings is 1. The number of likely N-dealkylation sites (N-methyl/N-ethyl adjacent to an activating group) is 1. The first kappa shape index (κ1) is 16.0. The van der Waals surface area contributed by atoms with Crippen LogP contribution in [-0.2, 0) is 16.6 Å². The predicted octanol–water partition coefficient (Wildman–Crippen LogP) is 0.160. The molecule has 1 heterocycles. The van der Waals surface area contributed by atoms with Crippen molar-refractivity contribution in [2.24, 2.45) is 5.73 Å². The van der Waals surface area contributed by atoms with E-state index in [1.54, 1.807) is 6.07 Å². The van der Waals surface area contributed by atoms with Gasteiger partial charge in [-0.2, -0.15) is 0 Å². The van der Waals surface area contributed by atoms with E-state index in [2.05, 4.69) is 14.6 Å². The molecule has 0 atom stereocenters. The minimum Gasteiger partial charge on any atom is -0.325 e. The van der Waals surface area contributed by atoms with Gasteiger partial charge in [-0.15, -0.1) is 0 Å². The Hall–Kier alpha value is -1.02. The van der Waals surface area contributed by atoms with Crippen LogP contribution in [0.15, 0.2) is 23.2 Å². The summed E-state index contributed by atoms with van der Waals surface area (Å²) in [7, 11) is -3.53. The molecule has 19 heavy (non-hydrogen) atoms. The third-order valence-corrected chi connectivity index (χ3v) is 4.48. The van der Waals surface area contributed by atoms with E-state index in [-0.39, 0.29) is 11.4 Å². The van der Waals surface area contributed by atoms with Crippen molar-refractivity contribution < 1.29 is 8.42 Å². The zero-order valence-electron chi connectivity index (χ0n) is 11.5. The molecule has 0 saturated carbocycles. The number of sulfonamides is 1. The highest BCUT2D eigenvalue weighted by atomic mass is 32.2. The molecule has 0 amide bonds. The van der Waals surface area contributed by atoms with Crippen molar-refractivity contribution in [3.8, 4) is 0 Å². The molecule has 0 aliphatic rings. The molecule has 0 aliphatic carbocycles. The van der Waals surface area contributed by atoms with Gasteiger partial charge in [-0.25, -0.2) is 13.1 Å². The molecular weight excluding hydrogens is 264 g/mol. The smallest absolute Gasteiger partial charge is 0.242 e. The SMILES string of the molecule is CCN(CC)CCNS(=O)(=O)c1cccnc1CN. The topological polar surface area (TPSA) is 88.3 Å². The van der Waals surface area contributed by atoms with Gasteiger partial charge in [-0.3, -0.25) is 4.98 Å². The molecule has 0 saturated heterocycles. The zero-order chi connectivity index (χ0) is 14.3. The number of hydrogen-bond acceptors (Lipinski definition) is 5. The lowest BCUT2D eigenvalue weighted by atomic mass is 10.3. The van der Waals surface area contributed by atoms with Gasteiger partial charge in [0.05, 0.1) is 5.69 Å². The summed E-state index contributed by atoms with van der Waals surface area (Å²) in [6.07, 6.45) is 1.54. The molecule has 0 fully saturated rings. The quantitative estimate of drug-likeness (QED) is 0.711. The number of nitrogens with two attached hydrogens (primary N) is 1. The third-order valence-electron chi connectivity index (χ3n) is 2.95. The molecule has 0 aromatic carbocycles. The van der Waals surface area contributed by atoms with Crippen LogP contribution < -0.4 is 10.5 Å². The Balaban J connectivity index is 2.71. The van der Waals surface area contributed by atoms with E-state index < -0.39 is 10.0 Å². The molecule has 3 N–H and O–H groups in total. The van der Waals surface area contributed by atoms with Gasteiger partial charge in [0.25, 0.3) is 0 Å². The molecule has 1 aromatic heterocycles.